The molecule has 0 aliphatic heterocycles. The summed E-state index contributed by atoms with van der Waals surface area (Å²) >= 11 is 0. The lowest BCUT2D eigenvalue weighted by atomic mass is 10.8. The van der Waals surface area contributed by atoms with Gasteiger partial charge in [-0.2, -0.15) is 0 Å². The molecule has 0 rings (SSSR count). The fraction of sp³-hybridized carbons (Fsp3) is 0.750. The Morgan fingerprint density at radius 2 is 2.12 bits per heavy atom. The Morgan fingerprint density at radius 1 is 1.75 bits per heavy atom. The number of hydrogen-bond donors (Lipinski definition) is 1. The molecule has 0 aromatic carbocycles. The third-order valence-corrected chi connectivity index (χ3v) is 2.59. The van der Waals surface area contributed by atoms with E-state index in [-0.39, 0.29) is 5.75 Å². The van der Waals surface area contributed by atoms with Gasteiger partial charge in [-0.1, -0.05) is 6.92 Å². The summed E-state index contributed by atoms with van der Waals surface area (Å²) in [5, 5.41) is -0.965. The fourth-order valence-corrected chi connectivity index (χ4v) is 0.642. The molecule has 0 aromatic rings. The van der Waals surface area contributed by atoms with Crippen LogP contribution in [-0.4, -0.2) is 19.5 Å². The SMILES string of the molecule is [CH2]C(N)S(=O)(=O)CC. The maximum absolute atomic E-state index is 10.5. The zero-order valence-corrected chi connectivity index (χ0v) is 5.61. The summed E-state index contributed by atoms with van der Waals surface area (Å²) in [5.41, 5.74) is 4.98. The van der Waals surface area contributed by atoms with Crippen molar-refractivity contribution in [1.82, 2.24) is 0 Å². The zero-order valence-electron chi connectivity index (χ0n) is 4.79. The summed E-state index contributed by atoms with van der Waals surface area (Å²) in [4.78, 5) is 0. The van der Waals surface area contributed by atoms with Gasteiger partial charge in [0.1, 0.15) is 5.37 Å². The standard InChI is InChI=1S/C4H10NO2S/c1-3-8(6,7)4(2)5/h4H,2-3,5H2,1H3. The highest BCUT2D eigenvalue weighted by Crippen LogP contribution is 1.91. The Balaban J connectivity index is 4.17. The molecule has 3 nitrogen and oxygen atoms in total. The Kier molecular flexibility index (Phi) is 2.43. The molecule has 1 radical (unpaired) electrons. The van der Waals surface area contributed by atoms with Gasteiger partial charge in [0.15, 0.2) is 9.84 Å². The minimum absolute atomic E-state index is 0.0671. The second-order valence-electron chi connectivity index (χ2n) is 1.49. The monoisotopic (exact) mass is 136 g/mol. The van der Waals surface area contributed by atoms with Gasteiger partial charge in [0.25, 0.3) is 0 Å². The van der Waals surface area contributed by atoms with Gasteiger partial charge in [-0.3, -0.25) is 0 Å². The first-order valence-electron chi connectivity index (χ1n) is 2.31. The molecular formula is C4H10NO2S. The Hall–Kier alpha value is -0.0900. The fourth-order valence-electron chi connectivity index (χ4n) is 0.214. The summed E-state index contributed by atoms with van der Waals surface area (Å²) in [6.07, 6.45) is 0. The van der Waals surface area contributed by atoms with E-state index < -0.39 is 15.2 Å². The van der Waals surface area contributed by atoms with Gasteiger partial charge < -0.3 is 5.73 Å². The quantitative estimate of drug-likeness (QED) is 0.558. The normalized spacial score (nSPS) is 15.9. The smallest absolute Gasteiger partial charge is 0.165 e. The van der Waals surface area contributed by atoms with Crippen LogP contribution in [0.4, 0.5) is 0 Å². The van der Waals surface area contributed by atoms with Crippen molar-refractivity contribution in [3.05, 3.63) is 6.92 Å². The van der Waals surface area contributed by atoms with Gasteiger partial charge in [-0.05, 0) is 6.92 Å². The van der Waals surface area contributed by atoms with Crippen LogP contribution in [0.3, 0.4) is 0 Å². The first-order valence-corrected chi connectivity index (χ1v) is 4.02. The number of sulfone groups is 1. The van der Waals surface area contributed by atoms with Crippen LogP contribution in [0.5, 0.6) is 0 Å². The molecule has 0 heterocycles. The van der Waals surface area contributed by atoms with E-state index in [1.54, 1.807) is 6.92 Å². The molecule has 49 valence electrons. The van der Waals surface area contributed by atoms with E-state index in [1.165, 1.54) is 0 Å². The van der Waals surface area contributed by atoms with Gasteiger partial charge in [0.2, 0.25) is 0 Å². The molecule has 0 saturated carbocycles. The second-order valence-corrected chi connectivity index (χ2v) is 4.00. The summed E-state index contributed by atoms with van der Waals surface area (Å²) in [6.45, 7) is 4.71. The molecule has 0 fully saturated rings. The van der Waals surface area contributed by atoms with E-state index >= 15 is 0 Å². The molecule has 4 heteroatoms. The van der Waals surface area contributed by atoms with Crippen molar-refractivity contribution in [2.75, 3.05) is 5.75 Å². The number of rotatable bonds is 2. The van der Waals surface area contributed by atoms with Crippen LogP contribution in [0, 0.1) is 6.92 Å². The number of nitrogens with two attached hydrogens (primary N) is 1. The van der Waals surface area contributed by atoms with Crippen LogP contribution >= 0.6 is 0 Å². The van der Waals surface area contributed by atoms with E-state index in [0.717, 1.165) is 0 Å². The van der Waals surface area contributed by atoms with Crippen LogP contribution in [0.15, 0.2) is 0 Å². The molecule has 0 aliphatic carbocycles. The van der Waals surface area contributed by atoms with Gasteiger partial charge in [-0.15, -0.1) is 0 Å². The van der Waals surface area contributed by atoms with Crippen molar-refractivity contribution in [3.8, 4) is 0 Å². The first kappa shape index (κ1) is 7.91. The molecule has 0 aromatic heterocycles. The third-order valence-electron chi connectivity index (χ3n) is 0.864. The van der Waals surface area contributed by atoms with Gasteiger partial charge in [-0.25, -0.2) is 8.42 Å². The summed E-state index contributed by atoms with van der Waals surface area (Å²) in [6, 6.07) is 0. The van der Waals surface area contributed by atoms with Crippen LogP contribution in [0.1, 0.15) is 6.92 Å². The first-order chi connectivity index (χ1) is 3.50. The van der Waals surface area contributed by atoms with Gasteiger partial charge >= 0.3 is 0 Å². The van der Waals surface area contributed by atoms with E-state index in [9.17, 15) is 8.42 Å². The molecule has 0 saturated heterocycles. The van der Waals surface area contributed by atoms with E-state index in [4.69, 9.17) is 5.73 Å². The molecule has 0 spiro atoms. The Labute approximate surface area is 49.8 Å². The minimum Gasteiger partial charge on any atom is -0.315 e. The van der Waals surface area contributed by atoms with E-state index in [2.05, 4.69) is 6.92 Å². The highest BCUT2D eigenvalue weighted by atomic mass is 32.2. The van der Waals surface area contributed by atoms with E-state index in [1.807, 2.05) is 0 Å². The summed E-state index contributed by atoms with van der Waals surface area (Å²) in [7, 11) is -3.07. The highest BCUT2D eigenvalue weighted by molar-refractivity contribution is 7.92. The zero-order chi connectivity index (χ0) is 6.78. The number of hydrogen-bond acceptors (Lipinski definition) is 3. The van der Waals surface area contributed by atoms with E-state index in [0.29, 0.717) is 0 Å². The third kappa shape index (κ3) is 1.79. The molecule has 0 bridgehead atoms. The van der Waals surface area contributed by atoms with Crippen LogP contribution in [-0.2, 0) is 9.84 Å². The predicted molar refractivity (Wildman–Crippen MR) is 32.8 cm³/mol. The minimum atomic E-state index is -3.07. The largest absolute Gasteiger partial charge is 0.315 e. The van der Waals surface area contributed by atoms with Crippen LogP contribution in [0.25, 0.3) is 0 Å². The van der Waals surface area contributed by atoms with Crippen molar-refractivity contribution >= 4 is 9.84 Å². The van der Waals surface area contributed by atoms with Crippen molar-refractivity contribution < 1.29 is 8.42 Å². The highest BCUT2D eigenvalue weighted by Gasteiger charge is 2.11. The van der Waals surface area contributed by atoms with Crippen LogP contribution < -0.4 is 5.73 Å². The Morgan fingerprint density at radius 3 is 2.12 bits per heavy atom. The maximum Gasteiger partial charge on any atom is 0.165 e. The van der Waals surface area contributed by atoms with Gasteiger partial charge in [0.05, 0.1) is 0 Å². The molecule has 1 atom stereocenters. The average Bonchev–Trinajstić information content (AvgIpc) is 1.67. The molecule has 8 heavy (non-hydrogen) atoms. The average molecular weight is 136 g/mol. The molecule has 2 N–H and O–H groups in total. The maximum atomic E-state index is 10.5. The summed E-state index contributed by atoms with van der Waals surface area (Å²) < 4.78 is 21.0. The predicted octanol–water partition coefficient (Wildman–Crippen LogP) is -0.460. The second kappa shape index (κ2) is 2.46. The molecule has 0 amide bonds. The van der Waals surface area contributed by atoms with Gasteiger partial charge in [0, 0.05) is 5.75 Å². The molecular weight excluding hydrogens is 126 g/mol. The van der Waals surface area contributed by atoms with Crippen molar-refractivity contribution in [2.24, 2.45) is 5.73 Å². The lowest BCUT2D eigenvalue weighted by Gasteiger charge is -2.01. The van der Waals surface area contributed by atoms with Crippen molar-refractivity contribution in [2.45, 2.75) is 12.3 Å². The van der Waals surface area contributed by atoms with Crippen molar-refractivity contribution in [3.63, 3.8) is 0 Å². The molecule has 1 unspecified atom stereocenters. The van der Waals surface area contributed by atoms with Crippen LogP contribution in [0.2, 0.25) is 0 Å². The lowest BCUT2D eigenvalue weighted by molar-refractivity contribution is 0.590. The topological polar surface area (TPSA) is 60.2 Å². The van der Waals surface area contributed by atoms with Crippen molar-refractivity contribution in [1.29, 1.82) is 0 Å². The molecule has 0 aliphatic rings. The summed E-state index contributed by atoms with van der Waals surface area (Å²) in [5.74, 6) is 0.0671. The Bertz CT molecular complexity index is 147. The lowest BCUT2D eigenvalue weighted by Crippen LogP contribution is -2.28.